The molecule has 0 spiro atoms. The second-order valence-corrected chi connectivity index (χ2v) is 12.9. The van der Waals surface area contributed by atoms with E-state index < -0.39 is 0 Å². The minimum absolute atomic E-state index is 0.228. The molecule has 0 radical (unpaired) electrons. The lowest BCUT2D eigenvalue weighted by Gasteiger charge is -2.54. The molecule has 0 heterocycles. The topological polar surface area (TPSA) is 58.2 Å². The van der Waals surface area contributed by atoms with Gasteiger partial charge in [0, 0.05) is 24.9 Å². The summed E-state index contributed by atoms with van der Waals surface area (Å²) in [5, 5.41) is 6.87. The summed E-state index contributed by atoms with van der Waals surface area (Å²) in [6.45, 7) is 2.15. The highest BCUT2D eigenvalue weighted by Gasteiger charge is 2.49. The monoisotopic (exact) mass is 426 g/mol. The van der Waals surface area contributed by atoms with E-state index in [-0.39, 0.29) is 17.7 Å². The maximum atomic E-state index is 12.8. The Hall–Kier alpha value is -1.06. The van der Waals surface area contributed by atoms with Gasteiger partial charge in [0.1, 0.15) is 0 Å². The third kappa shape index (κ3) is 4.06. The summed E-state index contributed by atoms with van der Waals surface area (Å²) in [6.07, 6.45) is 15.7. The van der Waals surface area contributed by atoms with Crippen LogP contribution in [0, 0.1) is 53.3 Å². The molecule has 0 aliphatic heterocycles. The molecule has 0 aromatic heterocycles. The van der Waals surface area contributed by atoms with Gasteiger partial charge in [0.15, 0.2) is 0 Å². The minimum Gasteiger partial charge on any atom is -0.353 e. The van der Waals surface area contributed by atoms with Gasteiger partial charge < -0.3 is 10.6 Å². The van der Waals surface area contributed by atoms with Gasteiger partial charge in [-0.25, -0.2) is 0 Å². The van der Waals surface area contributed by atoms with Crippen LogP contribution in [0.5, 0.6) is 0 Å². The van der Waals surface area contributed by atoms with Crippen LogP contribution in [0.4, 0.5) is 0 Å². The standard InChI is InChI=1S/C27H42N2O2/c1-15(4-25(31)29-27-22-11-18-6-19(13-22)14-23(27)12-18)2-3-24(30)28-26-20-7-16-5-17(9-20)10-21(26)8-16/h15-23,26-27H,2-14H2,1H3,(H,28,30)(H,29,31). The van der Waals surface area contributed by atoms with Gasteiger partial charge in [-0.2, -0.15) is 0 Å². The average molecular weight is 427 g/mol. The van der Waals surface area contributed by atoms with Crippen LogP contribution >= 0.6 is 0 Å². The molecule has 2 N–H and O–H groups in total. The summed E-state index contributed by atoms with van der Waals surface area (Å²) >= 11 is 0. The molecule has 8 fully saturated rings. The fraction of sp³-hybridized carbons (Fsp3) is 0.926. The van der Waals surface area contributed by atoms with E-state index in [0.717, 1.165) is 53.8 Å². The van der Waals surface area contributed by atoms with Gasteiger partial charge in [0.25, 0.3) is 0 Å². The first kappa shape index (κ1) is 20.5. The molecular weight excluding hydrogens is 384 g/mol. The van der Waals surface area contributed by atoms with Gasteiger partial charge >= 0.3 is 0 Å². The summed E-state index contributed by atoms with van der Waals surface area (Å²) in [5.41, 5.74) is 0. The van der Waals surface area contributed by atoms with E-state index in [2.05, 4.69) is 17.6 Å². The Labute approximate surface area is 188 Å². The van der Waals surface area contributed by atoms with Gasteiger partial charge in [0.2, 0.25) is 11.8 Å². The molecule has 8 aliphatic carbocycles. The number of nitrogens with one attached hydrogen (secondary N) is 2. The van der Waals surface area contributed by atoms with Crippen molar-refractivity contribution < 1.29 is 9.59 Å². The first-order valence-electron chi connectivity index (χ1n) is 13.6. The Kier molecular flexibility index (Phi) is 5.34. The van der Waals surface area contributed by atoms with Crippen molar-refractivity contribution in [3.63, 3.8) is 0 Å². The molecule has 1 atom stereocenters. The van der Waals surface area contributed by atoms with E-state index in [1.54, 1.807) is 0 Å². The largest absolute Gasteiger partial charge is 0.353 e. The van der Waals surface area contributed by atoms with E-state index in [9.17, 15) is 9.59 Å². The fourth-order valence-corrected chi connectivity index (χ4v) is 9.62. The van der Waals surface area contributed by atoms with Crippen LogP contribution in [0.3, 0.4) is 0 Å². The SMILES string of the molecule is CC(CCC(=O)NC1C2CC3CC(C2)CC1C3)CC(=O)NC1C2CC3CC(C2)CC1C3. The Balaban J connectivity index is 0.937. The maximum Gasteiger partial charge on any atom is 0.220 e. The normalized spacial score (nSPS) is 47.4. The highest BCUT2D eigenvalue weighted by molar-refractivity contribution is 5.77. The number of hydrogen-bond acceptors (Lipinski definition) is 2. The molecule has 1 unspecified atom stereocenters. The molecule has 31 heavy (non-hydrogen) atoms. The van der Waals surface area contributed by atoms with Crippen LogP contribution in [0.25, 0.3) is 0 Å². The van der Waals surface area contributed by atoms with Crippen molar-refractivity contribution in [2.45, 2.75) is 102 Å². The smallest absolute Gasteiger partial charge is 0.220 e. The van der Waals surface area contributed by atoms with E-state index in [0.29, 0.717) is 24.9 Å². The van der Waals surface area contributed by atoms with Crippen molar-refractivity contribution in [3.8, 4) is 0 Å². The van der Waals surface area contributed by atoms with Crippen molar-refractivity contribution in [1.29, 1.82) is 0 Å². The zero-order valence-electron chi connectivity index (χ0n) is 19.4. The molecule has 8 aliphatic rings. The number of carbonyl (C=O) groups excluding carboxylic acids is 2. The molecule has 0 saturated heterocycles. The molecule has 2 amide bonds. The highest BCUT2D eigenvalue weighted by Crippen LogP contribution is 2.54. The quantitative estimate of drug-likeness (QED) is 0.621. The molecular formula is C27H42N2O2. The third-order valence-corrected chi connectivity index (χ3v) is 10.5. The molecule has 4 heteroatoms. The first-order chi connectivity index (χ1) is 15.0. The molecule has 8 rings (SSSR count). The third-order valence-electron chi connectivity index (χ3n) is 10.5. The van der Waals surface area contributed by atoms with Crippen molar-refractivity contribution in [2.75, 3.05) is 0 Å². The van der Waals surface area contributed by atoms with Gasteiger partial charge in [0.05, 0.1) is 0 Å². The van der Waals surface area contributed by atoms with Crippen LogP contribution in [0.15, 0.2) is 0 Å². The molecule has 172 valence electrons. The summed E-state index contributed by atoms with van der Waals surface area (Å²) in [4.78, 5) is 25.5. The number of amides is 2. The van der Waals surface area contributed by atoms with Gasteiger partial charge in [-0.15, -0.1) is 0 Å². The number of hydrogen-bond donors (Lipinski definition) is 2. The Bertz CT molecular complexity index is 662. The predicted octanol–water partition coefficient (Wildman–Crippen LogP) is 4.67. The van der Waals surface area contributed by atoms with Crippen LogP contribution in [-0.4, -0.2) is 23.9 Å². The van der Waals surface area contributed by atoms with Crippen LogP contribution < -0.4 is 10.6 Å². The Morgan fingerprint density at radius 2 is 1.03 bits per heavy atom. The summed E-state index contributed by atoms with van der Waals surface area (Å²) in [6, 6.07) is 0.878. The lowest BCUT2D eigenvalue weighted by Crippen LogP contribution is -2.56. The van der Waals surface area contributed by atoms with Crippen LogP contribution in [0.1, 0.15) is 90.4 Å². The van der Waals surface area contributed by atoms with Crippen molar-refractivity contribution in [3.05, 3.63) is 0 Å². The van der Waals surface area contributed by atoms with Gasteiger partial charge in [-0.1, -0.05) is 6.92 Å². The zero-order chi connectivity index (χ0) is 21.1. The molecule has 4 nitrogen and oxygen atoms in total. The van der Waals surface area contributed by atoms with Gasteiger partial charge in [-0.3, -0.25) is 9.59 Å². The zero-order valence-corrected chi connectivity index (χ0v) is 19.4. The van der Waals surface area contributed by atoms with E-state index >= 15 is 0 Å². The molecule has 0 aromatic rings. The maximum absolute atomic E-state index is 12.8. The Morgan fingerprint density at radius 1 is 0.645 bits per heavy atom. The highest BCUT2D eigenvalue weighted by atomic mass is 16.2. The lowest BCUT2D eigenvalue weighted by atomic mass is 9.54. The van der Waals surface area contributed by atoms with Crippen molar-refractivity contribution in [2.24, 2.45) is 53.3 Å². The molecule has 8 bridgehead atoms. The molecule has 8 saturated carbocycles. The van der Waals surface area contributed by atoms with E-state index in [1.165, 1.54) is 64.2 Å². The molecule has 0 aromatic carbocycles. The average Bonchev–Trinajstić information content (AvgIpc) is 2.71. The second-order valence-electron chi connectivity index (χ2n) is 12.9. The summed E-state index contributed by atoms with van der Waals surface area (Å²) in [7, 11) is 0. The van der Waals surface area contributed by atoms with Crippen LogP contribution in [-0.2, 0) is 9.59 Å². The first-order valence-corrected chi connectivity index (χ1v) is 13.6. The fourth-order valence-electron chi connectivity index (χ4n) is 9.62. The van der Waals surface area contributed by atoms with Crippen molar-refractivity contribution >= 4 is 11.8 Å². The van der Waals surface area contributed by atoms with E-state index in [1.807, 2.05) is 0 Å². The van der Waals surface area contributed by atoms with E-state index in [4.69, 9.17) is 0 Å². The lowest BCUT2D eigenvalue weighted by molar-refractivity contribution is -0.127. The number of rotatable bonds is 7. The Morgan fingerprint density at radius 3 is 1.45 bits per heavy atom. The second kappa shape index (κ2) is 8.06. The van der Waals surface area contributed by atoms with Crippen molar-refractivity contribution in [1.82, 2.24) is 10.6 Å². The minimum atomic E-state index is 0.228. The number of carbonyl (C=O) groups is 2. The predicted molar refractivity (Wildman–Crippen MR) is 121 cm³/mol. The summed E-state index contributed by atoms with van der Waals surface area (Å²) < 4.78 is 0. The summed E-state index contributed by atoms with van der Waals surface area (Å²) in [5.74, 6) is 7.48. The van der Waals surface area contributed by atoms with Crippen LogP contribution in [0.2, 0.25) is 0 Å². The van der Waals surface area contributed by atoms with Gasteiger partial charge in [-0.05, 0) is 124 Å².